The number of sulfonamides is 1. The van der Waals surface area contributed by atoms with E-state index in [1.165, 1.54) is 10.4 Å². The number of nitrogens with one attached hydrogen (secondary N) is 1. The van der Waals surface area contributed by atoms with E-state index < -0.39 is 10.0 Å². The highest BCUT2D eigenvalue weighted by molar-refractivity contribution is 7.89. The fourth-order valence-electron chi connectivity index (χ4n) is 2.67. The second kappa shape index (κ2) is 9.53. The van der Waals surface area contributed by atoms with Crippen LogP contribution in [0.2, 0.25) is 8.67 Å². The predicted octanol–water partition coefficient (Wildman–Crippen LogP) is 3.00. The summed E-state index contributed by atoms with van der Waals surface area (Å²) in [5, 5.41) is 2.89. The molecule has 1 fully saturated rings. The summed E-state index contributed by atoms with van der Waals surface area (Å²) in [6.45, 7) is 4.38. The van der Waals surface area contributed by atoms with Crippen molar-refractivity contribution in [2.45, 2.75) is 31.1 Å². The third kappa shape index (κ3) is 5.55. The topological polar surface area (TPSA) is 75.7 Å². The van der Waals surface area contributed by atoms with Crippen molar-refractivity contribution in [2.75, 3.05) is 32.8 Å². The van der Waals surface area contributed by atoms with Crippen molar-refractivity contribution in [3.8, 4) is 0 Å². The first-order valence-electron chi connectivity index (χ1n) is 8.16. The molecule has 142 valence electrons. The second-order valence-electron chi connectivity index (χ2n) is 5.71. The first kappa shape index (κ1) is 20.9. The molecule has 0 aliphatic carbocycles. The number of amides is 1. The third-order valence-electron chi connectivity index (χ3n) is 4.04. The molecule has 2 rings (SSSR count). The molecule has 0 unspecified atom stereocenters. The van der Waals surface area contributed by atoms with Gasteiger partial charge in [0.25, 0.3) is 0 Å². The van der Waals surface area contributed by atoms with Crippen LogP contribution in [0.3, 0.4) is 0 Å². The predicted molar refractivity (Wildman–Crippen MR) is 99.9 cm³/mol. The van der Waals surface area contributed by atoms with Crippen molar-refractivity contribution in [1.82, 2.24) is 9.62 Å². The molecule has 0 saturated carbocycles. The smallest absolute Gasteiger partial charge is 0.245 e. The van der Waals surface area contributed by atoms with Gasteiger partial charge < -0.3 is 10.1 Å². The van der Waals surface area contributed by atoms with Crippen LogP contribution in [0.15, 0.2) is 11.0 Å². The van der Waals surface area contributed by atoms with Gasteiger partial charge in [-0.2, -0.15) is 4.31 Å². The van der Waals surface area contributed by atoms with E-state index in [-0.39, 0.29) is 21.1 Å². The molecule has 1 amide bonds. The van der Waals surface area contributed by atoms with Gasteiger partial charge in [-0.05, 0) is 32.3 Å². The van der Waals surface area contributed by atoms with E-state index in [1.807, 2.05) is 6.92 Å². The molecule has 1 saturated heterocycles. The molecular weight excluding hydrogens is 407 g/mol. The van der Waals surface area contributed by atoms with E-state index >= 15 is 0 Å². The van der Waals surface area contributed by atoms with E-state index in [2.05, 4.69) is 5.32 Å². The molecule has 2 heterocycles. The van der Waals surface area contributed by atoms with Crippen molar-refractivity contribution in [1.29, 1.82) is 0 Å². The molecule has 0 spiro atoms. The molecular formula is C15H22Cl2N2O4S2. The first-order valence-corrected chi connectivity index (χ1v) is 11.2. The minimum Gasteiger partial charge on any atom is -0.382 e. The maximum atomic E-state index is 12.6. The van der Waals surface area contributed by atoms with Gasteiger partial charge in [0.2, 0.25) is 15.9 Å². The van der Waals surface area contributed by atoms with Gasteiger partial charge in [-0.15, -0.1) is 11.3 Å². The number of piperidine rings is 1. The molecule has 1 N–H and O–H groups in total. The van der Waals surface area contributed by atoms with Crippen LogP contribution in [-0.2, 0) is 19.6 Å². The van der Waals surface area contributed by atoms with Gasteiger partial charge in [-0.3, -0.25) is 4.79 Å². The SMILES string of the molecule is CCOCCCNC(=O)C1CCN(S(=O)(=O)c2cc(Cl)sc2Cl)CC1. The average Bonchev–Trinajstić information content (AvgIpc) is 2.94. The van der Waals surface area contributed by atoms with Gasteiger partial charge >= 0.3 is 0 Å². The standard InChI is InChI=1S/C15H22Cl2N2O4S2/c1-2-23-9-3-6-18-15(20)11-4-7-19(8-5-11)25(21,22)12-10-13(16)24-14(12)17/h10-11H,2-9H2,1H3,(H,18,20). The molecule has 1 aliphatic heterocycles. The van der Waals surface area contributed by atoms with Gasteiger partial charge in [0.1, 0.15) is 9.23 Å². The largest absolute Gasteiger partial charge is 0.382 e. The Morgan fingerprint density at radius 3 is 2.64 bits per heavy atom. The monoisotopic (exact) mass is 428 g/mol. The number of thiophene rings is 1. The highest BCUT2D eigenvalue weighted by Crippen LogP contribution is 2.36. The lowest BCUT2D eigenvalue weighted by molar-refractivity contribution is -0.126. The minimum absolute atomic E-state index is 0.0230. The lowest BCUT2D eigenvalue weighted by Gasteiger charge is -2.30. The molecule has 1 aromatic rings. The maximum absolute atomic E-state index is 12.6. The van der Waals surface area contributed by atoms with Crippen molar-refractivity contribution in [2.24, 2.45) is 5.92 Å². The number of nitrogens with zero attached hydrogens (tertiary/aromatic N) is 1. The van der Waals surface area contributed by atoms with Crippen molar-refractivity contribution in [3.05, 3.63) is 14.7 Å². The van der Waals surface area contributed by atoms with Crippen LogP contribution in [0, 0.1) is 5.92 Å². The Morgan fingerprint density at radius 1 is 1.40 bits per heavy atom. The molecule has 0 radical (unpaired) electrons. The number of carbonyl (C=O) groups is 1. The normalized spacial score (nSPS) is 16.9. The molecule has 0 aromatic carbocycles. The third-order valence-corrected chi connectivity index (χ3v) is 7.69. The number of rotatable bonds is 8. The van der Waals surface area contributed by atoms with Crippen LogP contribution in [0.1, 0.15) is 26.2 Å². The summed E-state index contributed by atoms with van der Waals surface area (Å²) in [5.41, 5.74) is 0. The quantitative estimate of drug-likeness (QED) is 0.645. The number of hydrogen-bond donors (Lipinski definition) is 1. The summed E-state index contributed by atoms with van der Waals surface area (Å²) in [6, 6.07) is 1.38. The molecule has 6 nitrogen and oxygen atoms in total. The molecule has 0 bridgehead atoms. The zero-order chi connectivity index (χ0) is 18.4. The molecule has 0 atom stereocenters. The fourth-order valence-corrected chi connectivity index (χ4v) is 6.26. The van der Waals surface area contributed by atoms with Crippen molar-refractivity contribution in [3.63, 3.8) is 0 Å². The van der Waals surface area contributed by atoms with Crippen LogP contribution in [0.4, 0.5) is 0 Å². The van der Waals surface area contributed by atoms with Gasteiger partial charge in [0.05, 0.1) is 4.34 Å². The molecule has 10 heteroatoms. The average molecular weight is 429 g/mol. The highest BCUT2D eigenvalue weighted by atomic mass is 35.5. The summed E-state index contributed by atoms with van der Waals surface area (Å²) < 4.78 is 32.4. The van der Waals surface area contributed by atoms with E-state index in [1.54, 1.807) is 0 Å². The lowest BCUT2D eigenvalue weighted by atomic mass is 9.97. The van der Waals surface area contributed by atoms with E-state index in [9.17, 15) is 13.2 Å². The summed E-state index contributed by atoms with van der Waals surface area (Å²) >= 11 is 12.9. The van der Waals surface area contributed by atoms with Gasteiger partial charge in [0, 0.05) is 38.8 Å². The zero-order valence-corrected chi connectivity index (χ0v) is 17.1. The molecule has 1 aromatic heterocycles. The summed E-state index contributed by atoms with van der Waals surface area (Å²) in [5.74, 6) is -0.190. The second-order valence-corrected chi connectivity index (χ2v) is 9.90. The number of ether oxygens (including phenoxy) is 1. The van der Waals surface area contributed by atoms with E-state index in [0.717, 1.165) is 17.8 Å². The first-order chi connectivity index (χ1) is 11.9. The van der Waals surface area contributed by atoms with Crippen LogP contribution >= 0.6 is 34.5 Å². The van der Waals surface area contributed by atoms with E-state index in [4.69, 9.17) is 27.9 Å². The molecule has 25 heavy (non-hydrogen) atoms. The Bertz CT molecular complexity index is 686. The van der Waals surface area contributed by atoms with Crippen LogP contribution in [0.5, 0.6) is 0 Å². The van der Waals surface area contributed by atoms with Crippen molar-refractivity contribution >= 4 is 50.5 Å². The Morgan fingerprint density at radius 2 is 2.08 bits per heavy atom. The Hall–Kier alpha value is -0.380. The van der Waals surface area contributed by atoms with Crippen LogP contribution in [0.25, 0.3) is 0 Å². The zero-order valence-electron chi connectivity index (χ0n) is 14.0. The summed E-state index contributed by atoms with van der Waals surface area (Å²) in [4.78, 5) is 12.2. The van der Waals surface area contributed by atoms with Crippen LogP contribution in [-0.4, -0.2) is 51.5 Å². The van der Waals surface area contributed by atoms with E-state index in [0.29, 0.717) is 50.0 Å². The Labute approximate surface area is 162 Å². The Kier molecular flexibility index (Phi) is 7.97. The van der Waals surface area contributed by atoms with Gasteiger partial charge in [-0.25, -0.2) is 8.42 Å². The summed E-state index contributed by atoms with van der Waals surface area (Å²) in [6.07, 6.45) is 1.75. The lowest BCUT2D eigenvalue weighted by Crippen LogP contribution is -2.43. The molecule has 1 aliphatic rings. The van der Waals surface area contributed by atoms with Crippen molar-refractivity contribution < 1.29 is 17.9 Å². The minimum atomic E-state index is -3.67. The van der Waals surface area contributed by atoms with Crippen LogP contribution < -0.4 is 5.32 Å². The number of hydrogen-bond acceptors (Lipinski definition) is 5. The Balaban J connectivity index is 1.84. The maximum Gasteiger partial charge on any atom is 0.245 e. The fraction of sp³-hybridized carbons (Fsp3) is 0.667. The summed E-state index contributed by atoms with van der Waals surface area (Å²) in [7, 11) is -3.67. The number of carbonyl (C=O) groups excluding carboxylic acids is 1. The highest BCUT2D eigenvalue weighted by Gasteiger charge is 2.33. The van der Waals surface area contributed by atoms with Gasteiger partial charge in [-0.1, -0.05) is 23.2 Å². The number of halogens is 2. The van der Waals surface area contributed by atoms with Gasteiger partial charge in [0.15, 0.2) is 0 Å².